The molecule has 1 aliphatic rings. The lowest BCUT2D eigenvalue weighted by atomic mass is 9.87. The standard InChI is InChI=1S/C15H18BrNO3S/c16-9-14(18)10-3-7-13(8-4-10)21-17-12-5-1-11(2-6-12)15(19)20/h3-4,7-8,11-12,17H,1-2,5-6,9H2,(H,19,20). The highest BCUT2D eigenvalue weighted by atomic mass is 79.9. The third-order valence-corrected chi connectivity index (χ3v) is 5.19. The molecule has 0 radical (unpaired) electrons. The first-order valence-electron chi connectivity index (χ1n) is 6.94. The SMILES string of the molecule is O=C(CBr)c1ccc(SNC2CCC(C(=O)O)CC2)cc1. The number of halogens is 1. The number of Topliss-reactive ketones (excluding diaryl/α,β-unsaturated/α-hetero) is 1. The van der Waals surface area contributed by atoms with Crippen LogP contribution < -0.4 is 4.72 Å². The van der Waals surface area contributed by atoms with Crippen molar-refractivity contribution < 1.29 is 14.7 Å². The van der Waals surface area contributed by atoms with Gasteiger partial charge in [-0.25, -0.2) is 0 Å². The summed E-state index contributed by atoms with van der Waals surface area (Å²) in [5.41, 5.74) is 0.707. The quantitative estimate of drug-likeness (QED) is 0.455. The highest BCUT2D eigenvalue weighted by Gasteiger charge is 2.25. The minimum absolute atomic E-state index is 0.0755. The Hall–Kier alpha value is -0.850. The van der Waals surface area contributed by atoms with Crippen LogP contribution in [0.5, 0.6) is 0 Å². The van der Waals surface area contributed by atoms with Crippen LogP contribution in [0.25, 0.3) is 0 Å². The van der Waals surface area contributed by atoms with Gasteiger partial charge in [0.05, 0.1) is 11.2 Å². The van der Waals surface area contributed by atoms with Gasteiger partial charge in [0.15, 0.2) is 5.78 Å². The van der Waals surface area contributed by atoms with Gasteiger partial charge >= 0.3 is 5.97 Å². The van der Waals surface area contributed by atoms with E-state index in [1.165, 1.54) is 0 Å². The summed E-state index contributed by atoms with van der Waals surface area (Å²) in [6, 6.07) is 7.87. The highest BCUT2D eigenvalue weighted by Crippen LogP contribution is 2.27. The molecule has 0 spiro atoms. The maximum atomic E-state index is 11.5. The van der Waals surface area contributed by atoms with Crippen molar-refractivity contribution in [2.24, 2.45) is 5.92 Å². The van der Waals surface area contributed by atoms with Crippen LogP contribution in [0.2, 0.25) is 0 Å². The van der Waals surface area contributed by atoms with Crippen molar-refractivity contribution in [3.63, 3.8) is 0 Å². The molecule has 0 unspecified atom stereocenters. The Balaban J connectivity index is 1.79. The van der Waals surface area contributed by atoms with Crippen molar-refractivity contribution in [3.8, 4) is 0 Å². The predicted octanol–water partition coefficient (Wildman–Crippen LogP) is 3.50. The van der Waals surface area contributed by atoms with Gasteiger partial charge in [-0.05, 0) is 49.8 Å². The Morgan fingerprint density at radius 2 is 1.81 bits per heavy atom. The number of carbonyl (C=O) groups is 2. The Morgan fingerprint density at radius 1 is 1.19 bits per heavy atom. The fourth-order valence-corrected chi connectivity index (χ4v) is 3.53. The van der Waals surface area contributed by atoms with Crippen molar-refractivity contribution >= 4 is 39.6 Å². The molecule has 2 rings (SSSR count). The van der Waals surface area contributed by atoms with Crippen LogP contribution >= 0.6 is 27.9 Å². The van der Waals surface area contributed by atoms with Crippen LogP contribution in [0.4, 0.5) is 0 Å². The van der Waals surface area contributed by atoms with Gasteiger partial charge in [-0.15, -0.1) is 0 Å². The normalized spacial score (nSPS) is 22.0. The fraction of sp³-hybridized carbons (Fsp3) is 0.467. The number of carboxylic acid groups (broad SMARTS) is 1. The summed E-state index contributed by atoms with van der Waals surface area (Å²) in [6.45, 7) is 0. The van der Waals surface area contributed by atoms with Gasteiger partial charge in [0.1, 0.15) is 0 Å². The second-order valence-corrected chi connectivity index (χ2v) is 6.66. The van der Waals surface area contributed by atoms with Crippen molar-refractivity contribution in [1.82, 2.24) is 4.72 Å². The lowest BCUT2D eigenvalue weighted by Crippen LogP contribution is -2.31. The number of carboxylic acids is 1. The molecule has 2 N–H and O–H groups in total. The van der Waals surface area contributed by atoms with Crippen LogP contribution in [0, 0.1) is 5.92 Å². The molecule has 0 aliphatic heterocycles. The van der Waals surface area contributed by atoms with Crippen LogP contribution in [0.15, 0.2) is 29.2 Å². The maximum absolute atomic E-state index is 11.5. The second kappa shape index (κ2) is 7.96. The minimum Gasteiger partial charge on any atom is -0.481 e. The first-order chi connectivity index (χ1) is 10.1. The highest BCUT2D eigenvalue weighted by molar-refractivity contribution is 9.09. The molecule has 1 fully saturated rings. The summed E-state index contributed by atoms with van der Waals surface area (Å²) < 4.78 is 3.39. The number of carbonyl (C=O) groups excluding carboxylic acids is 1. The number of hydrogen-bond donors (Lipinski definition) is 2. The zero-order valence-corrected chi connectivity index (χ0v) is 14.0. The van der Waals surface area contributed by atoms with E-state index < -0.39 is 5.97 Å². The van der Waals surface area contributed by atoms with E-state index in [4.69, 9.17) is 5.11 Å². The average Bonchev–Trinajstić information content (AvgIpc) is 2.53. The topological polar surface area (TPSA) is 66.4 Å². The van der Waals surface area contributed by atoms with E-state index in [0.29, 0.717) is 16.9 Å². The average molecular weight is 372 g/mol. The van der Waals surface area contributed by atoms with Gasteiger partial charge in [0, 0.05) is 16.5 Å². The second-order valence-electron chi connectivity index (χ2n) is 5.19. The van der Waals surface area contributed by atoms with Gasteiger partial charge in [-0.3, -0.25) is 14.3 Å². The summed E-state index contributed by atoms with van der Waals surface area (Å²) in [5.74, 6) is -0.776. The van der Waals surface area contributed by atoms with Crippen LogP contribution in [0.3, 0.4) is 0 Å². The van der Waals surface area contributed by atoms with Crippen LogP contribution in [0.1, 0.15) is 36.0 Å². The number of benzene rings is 1. The molecule has 21 heavy (non-hydrogen) atoms. The number of hydrogen-bond acceptors (Lipinski definition) is 4. The summed E-state index contributed by atoms with van der Waals surface area (Å²) >= 11 is 4.70. The predicted molar refractivity (Wildman–Crippen MR) is 86.9 cm³/mol. The number of alkyl halides is 1. The Labute approximate surface area is 137 Å². The molecular weight excluding hydrogens is 354 g/mol. The molecule has 4 nitrogen and oxygen atoms in total. The van der Waals surface area contributed by atoms with E-state index in [1.807, 2.05) is 24.3 Å². The largest absolute Gasteiger partial charge is 0.481 e. The molecule has 1 aliphatic carbocycles. The lowest BCUT2D eigenvalue weighted by Gasteiger charge is -2.26. The van der Waals surface area contributed by atoms with E-state index in [1.54, 1.807) is 11.9 Å². The number of ketones is 1. The minimum atomic E-state index is -0.673. The van der Waals surface area contributed by atoms with Crippen molar-refractivity contribution in [2.45, 2.75) is 36.6 Å². The van der Waals surface area contributed by atoms with Crippen LogP contribution in [-0.2, 0) is 4.79 Å². The molecule has 1 aromatic carbocycles. The summed E-state index contributed by atoms with van der Waals surface area (Å²) in [5, 5.41) is 9.30. The molecule has 0 aromatic heterocycles. The first-order valence-corrected chi connectivity index (χ1v) is 8.88. The monoisotopic (exact) mass is 371 g/mol. The molecule has 0 saturated heterocycles. The van der Waals surface area contributed by atoms with E-state index >= 15 is 0 Å². The summed E-state index contributed by atoms with van der Waals surface area (Å²) in [4.78, 5) is 23.5. The van der Waals surface area contributed by atoms with Gasteiger partial charge in [0.25, 0.3) is 0 Å². The Kier molecular flexibility index (Phi) is 6.26. The number of rotatable bonds is 6. The van der Waals surface area contributed by atoms with Crippen molar-refractivity contribution in [3.05, 3.63) is 29.8 Å². The fourth-order valence-electron chi connectivity index (χ4n) is 2.40. The molecule has 114 valence electrons. The lowest BCUT2D eigenvalue weighted by molar-refractivity contribution is -0.142. The van der Waals surface area contributed by atoms with E-state index in [0.717, 1.165) is 30.6 Å². The molecule has 6 heteroatoms. The molecule has 0 amide bonds. The van der Waals surface area contributed by atoms with Gasteiger partial charge in [-0.1, -0.05) is 28.1 Å². The third kappa shape index (κ3) is 4.83. The number of aliphatic carboxylic acids is 1. The van der Waals surface area contributed by atoms with Crippen LogP contribution in [-0.4, -0.2) is 28.2 Å². The van der Waals surface area contributed by atoms with Crippen molar-refractivity contribution in [1.29, 1.82) is 0 Å². The molecular formula is C15H18BrNO3S. The van der Waals surface area contributed by atoms with E-state index in [2.05, 4.69) is 20.7 Å². The molecule has 0 atom stereocenters. The molecule has 0 heterocycles. The van der Waals surface area contributed by atoms with Gasteiger partial charge in [-0.2, -0.15) is 0 Å². The zero-order valence-electron chi connectivity index (χ0n) is 11.5. The smallest absolute Gasteiger partial charge is 0.306 e. The van der Waals surface area contributed by atoms with Gasteiger partial charge < -0.3 is 5.11 Å². The summed E-state index contributed by atoms with van der Waals surface area (Å²) in [7, 11) is 0. The molecule has 0 bridgehead atoms. The Morgan fingerprint density at radius 3 is 2.33 bits per heavy atom. The maximum Gasteiger partial charge on any atom is 0.306 e. The number of nitrogens with one attached hydrogen (secondary N) is 1. The molecule has 1 saturated carbocycles. The van der Waals surface area contributed by atoms with Crippen molar-refractivity contribution in [2.75, 3.05) is 5.33 Å². The van der Waals surface area contributed by atoms with Gasteiger partial charge in [0.2, 0.25) is 0 Å². The van der Waals surface area contributed by atoms with E-state index in [-0.39, 0.29) is 11.7 Å². The third-order valence-electron chi connectivity index (χ3n) is 3.72. The summed E-state index contributed by atoms with van der Waals surface area (Å²) in [6.07, 6.45) is 3.27. The van der Waals surface area contributed by atoms with E-state index in [9.17, 15) is 9.59 Å². The Bertz CT molecular complexity index is 498. The molecule has 1 aromatic rings. The first kappa shape index (κ1) is 16.5. The zero-order chi connectivity index (χ0) is 15.2.